The van der Waals surface area contributed by atoms with Crippen LogP contribution in [0.4, 0.5) is 0 Å². The standard InChI is InChI=1S/C9H10.Na.H/c1-8(2)9-6-4-3-5-7-9;;/h3-7H,1H2,2H3;;/q;+1;-1. The summed E-state index contributed by atoms with van der Waals surface area (Å²) in [5, 5.41) is 0. The average molecular weight is 142 g/mol. The van der Waals surface area contributed by atoms with Gasteiger partial charge in [-0.1, -0.05) is 42.5 Å². The number of hydrogen-bond acceptors (Lipinski definition) is 0. The molecule has 0 spiro atoms. The number of rotatable bonds is 1. The van der Waals surface area contributed by atoms with Gasteiger partial charge in [0.05, 0.1) is 0 Å². The van der Waals surface area contributed by atoms with Crippen LogP contribution in [0.2, 0.25) is 0 Å². The molecule has 0 fully saturated rings. The summed E-state index contributed by atoms with van der Waals surface area (Å²) in [5.74, 6) is 0. The fraction of sp³-hybridized carbons (Fsp3) is 0.111. The molecule has 0 radical (unpaired) electrons. The van der Waals surface area contributed by atoms with E-state index in [1.165, 1.54) is 5.56 Å². The van der Waals surface area contributed by atoms with Crippen molar-refractivity contribution in [2.45, 2.75) is 6.92 Å². The first kappa shape index (κ1) is 9.96. The monoisotopic (exact) mass is 142 g/mol. The summed E-state index contributed by atoms with van der Waals surface area (Å²) < 4.78 is 0. The number of hydrogen-bond donors (Lipinski definition) is 0. The third-order valence-electron chi connectivity index (χ3n) is 1.27. The Morgan fingerprint density at radius 3 is 2.10 bits per heavy atom. The van der Waals surface area contributed by atoms with Crippen LogP contribution in [0.5, 0.6) is 0 Å². The first-order valence-corrected chi connectivity index (χ1v) is 3.01. The van der Waals surface area contributed by atoms with E-state index in [0.717, 1.165) is 5.57 Å². The number of benzene rings is 1. The fourth-order valence-corrected chi connectivity index (χ4v) is 0.723. The van der Waals surface area contributed by atoms with Gasteiger partial charge in [0, 0.05) is 0 Å². The topological polar surface area (TPSA) is 0 Å². The smallest absolute Gasteiger partial charge is 1.00 e. The summed E-state index contributed by atoms with van der Waals surface area (Å²) in [6, 6.07) is 10.2. The number of allylic oxidation sites excluding steroid dienone is 1. The van der Waals surface area contributed by atoms with Gasteiger partial charge in [-0.25, -0.2) is 0 Å². The molecule has 0 atom stereocenters. The Bertz CT molecular complexity index is 206. The molecule has 0 aromatic heterocycles. The Kier molecular flexibility index (Phi) is 4.71. The van der Waals surface area contributed by atoms with E-state index in [1.54, 1.807) is 0 Å². The van der Waals surface area contributed by atoms with E-state index in [0.29, 0.717) is 0 Å². The van der Waals surface area contributed by atoms with Gasteiger partial charge in [-0.2, -0.15) is 0 Å². The maximum absolute atomic E-state index is 3.83. The first-order valence-electron chi connectivity index (χ1n) is 3.01. The Hall–Kier alpha value is -0.0400. The van der Waals surface area contributed by atoms with E-state index in [-0.39, 0.29) is 31.0 Å². The van der Waals surface area contributed by atoms with Crippen LogP contribution in [0.25, 0.3) is 5.57 Å². The van der Waals surface area contributed by atoms with E-state index in [9.17, 15) is 0 Å². The minimum atomic E-state index is 0. The van der Waals surface area contributed by atoms with Crippen molar-refractivity contribution < 1.29 is 31.0 Å². The molecule has 0 aliphatic heterocycles. The van der Waals surface area contributed by atoms with Gasteiger partial charge in [-0.15, -0.1) is 0 Å². The van der Waals surface area contributed by atoms with Gasteiger partial charge in [-0.05, 0) is 12.5 Å². The Labute approximate surface area is 85.7 Å². The van der Waals surface area contributed by atoms with Crippen molar-refractivity contribution in [1.82, 2.24) is 0 Å². The minimum Gasteiger partial charge on any atom is -1.00 e. The van der Waals surface area contributed by atoms with E-state index >= 15 is 0 Å². The van der Waals surface area contributed by atoms with Crippen molar-refractivity contribution in [3.05, 3.63) is 42.5 Å². The van der Waals surface area contributed by atoms with Gasteiger partial charge < -0.3 is 1.43 Å². The summed E-state index contributed by atoms with van der Waals surface area (Å²) in [6.45, 7) is 5.83. The normalized spacial score (nSPS) is 8.10. The van der Waals surface area contributed by atoms with Gasteiger partial charge >= 0.3 is 29.6 Å². The zero-order valence-corrected chi connectivity index (χ0v) is 8.59. The predicted molar refractivity (Wildman–Crippen MR) is 42.3 cm³/mol. The Morgan fingerprint density at radius 1 is 1.30 bits per heavy atom. The first-order chi connectivity index (χ1) is 4.30. The summed E-state index contributed by atoms with van der Waals surface area (Å²) >= 11 is 0. The van der Waals surface area contributed by atoms with Crippen LogP contribution in [-0.4, -0.2) is 0 Å². The molecule has 1 aromatic carbocycles. The molecule has 0 heterocycles. The summed E-state index contributed by atoms with van der Waals surface area (Å²) in [4.78, 5) is 0. The zero-order chi connectivity index (χ0) is 6.69. The van der Waals surface area contributed by atoms with Crippen LogP contribution in [0.1, 0.15) is 13.9 Å². The van der Waals surface area contributed by atoms with Crippen molar-refractivity contribution in [2.75, 3.05) is 0 Å². The maximum Gasteiger partial charge on any atom is 1.00 e. The van der Waals surface area contributed by atoms with Crippen molar-refractivity contribution in [2.24, 2.45) is 0 Å². The molecule has 0 saturated carbocycles. The average Bonchev–Trinajstić information content (AvgIpc) is 1.90. The van der Waals surface area contributed by atoms with Gasteiger partial charge in [0.1, 0.15) is 0 Å². The largest absolute Gasteiger partial charge is 1.00 e. The second-order valence-corrected chi connectivity index (χ2v) is 2.15. The van der Waals surface area contributed by atoms with Crippen molar-refractivity contribution in [1.29, 1.82) is 0 Å². The molecule has 0 saturated heterocycles. The molecular weight excluding hydrogens is 131 g/mol. The zero-order valence-electron chi connectivity index (χ0n) is 7.59. The SMILES string of the molecule is C=C(C)c1ccccc1.[H-].[Na+]. The van der Waals surface area contributed by atoms with Crippen LogP contribution in [-0.2, 0) is 0 Å². The molecule has 0 bridgehead atoms. The molecule has 1 aromatic rings. The quantitative estimate of drug-likeness (QED) is 0.478. The van der Waals surface area contributed by atoms with Crippen LogP contribution in [0.15, 0.2) is 36.9 Å². The van der Waals surface area contributed by atoms with Crippen molar-refractivity contribution >= 4 is 5.57 Å². The van der Waals surface area contributed by atoms with E-state index in [1.807, 2.05) is 25.1 Å². The van der Waals surface area contributed by atoms with E-state index < -0.39 is 0 Å². The van der Waals surface area contributed by atoms with Crippen molar-refractivity contribution in [3.63, 3.8) is 0 Å². The predicted octanol–water partition coefficient (Wildman–Crippen LogP) is -0.164. The molecule has 1 heteroatoms. The second kappa shape index (κ2) is 4.73. The van der Waals surface area contributed by atoms with E-state index in [2.05, 4.69) is 18.7 Å². The maximum atomic E-state index is 3.83. The van der Waals surface area contributed by atoms with Crippen LogP contribution >= 0.6 is 0 Å². The Morgan fingerprint density at radius 2 is 1.80 bits per heavy atom. The molecule has 0 aliphatic rings. The molecule has 0 unspecified atom stereocenters. The molecule has 0 aliphatic carbocycles. The fourth-order valence-electron chi connectivity index (χ4n) is 0.723. The van der Waals surface area contributed by atoms with Gasteiger partial charge in [0.15, 0.2) is 0 Å². The molecular formula is C9H11Na. The third kappa shape index (κ3) is 2.70. The van der Waals surface area contributed by atoms with Gasteiger partial charge in [0.2, 0.25) is 0 Å². The minimum absolute atomic E-state index is 0. The third-order valence-corrected chi connectivity index (χ3v) is 1.27. The second-order valence-electron chi connectivity index (χ2n) is 2.15. The molecule has 0 N–H and O–H groups in total. The van der Waals surface area contributed by atoms with Gasteiger partial charge in [0.25, 0.3) is 0 Å². The van der Waals surface area contributed by atoms with Crippen LogP contribution < -0.4 is 29.6 Å². The Balaban J connectivity index is 0. The van der Waals surface area contributed by atoms with E-state index in [4.69, 9.17) is 0 Å². The van der Waals surface area contributed by atoms with Gasteiger partial charge in [-0.3, -0.25) is 0 Å². The molecule has 0 amide bonds. The van der Waals surface area contributed by atoms with Crippen molar-refractivity contribution in [3.8, 4) is 0 Å². The molecule has 1 rings (SSSR count). The van der Waals surface area contributed by atoms with Crippen LogP contribution in [0, 0.1) is 0 Å². The summed E-state index contributed by atoms with van der Waals surface area (Å²) in [7, 11) is 0. The summed E-state index contributed by atoms with van der Waals surface area (Å²) in [6.07, 6.45) is 0. The summed E-state index contributed by atoms with van der Waals surface area (Å²) in [5.41, 5.74) is 2.34. The molecule has 48 valence electrons. The molecule has 10 heavy (non-hydrogen) atoms. The molecule has 0 nitrogen and oxygen atoms in total. The van der Waals surface area contributed by atoms with Crippen LogP contribution in [0.3, 0.4) is 0 Å².